The van der Waals surface area contributed by atoms with Gasteiger partial charge >= 0.3 is 6.18 Å². The lowest BCUT2D eigenvalue weighted by atomic mass is 10.1. The first-order chi connectivity index (χ1) is 9.41. The van der Waals surface area contributed by atoms with Gasteiger partial charge in [-0.25, -0.2) is 4.39 Å². The third kappa shape index (κ3) is 3.31. The van der Waals surface area contributed by atoms with Gasteiger partial charge in [0.1, 0.15) is 10.8 Å². The second-order valence-corrected chi connectivity index (χ2v) is 5.04. The zero-order valence-corrected chi connectivity index (χ0v) is 11.3. The highest BCUT2D eigenvalue weighted by atomic mass is 32.1. The zero-order valence-electron chi connectivity index (χ0n) is 10.5. The second-order valence-electron chi connectivity index (χ2n) is 3.97. The van der Waals surface area contributed by atoms with Gasteiger partial charge in [-0.15, -0.1) is 10.2 Å². The molecule has 0 fully saturated rings. The van der Waals surface area contributed by atoms with E-state index in [0.717, 1.165) is 30.0 Å². The lowest BCUT2D eigenvalue weighted by Gasteiger charge is -2.07. The molecule has 1 aromatic heterocycles. The van der Waals surface area contributed by atoms with Crippen LogP contribution in [0.1, 0.15) is 17.5 Å². The van der Waals surface area contributed by atoms with Gasteiger partial charge in [0.15, 0.2) is 5.01 Å². The van der Waals surface area contributed by atoms with E-state index in [0.29, 0.717) is 17.6 Å². The van der Waals surface area contributed by atoms with Crippen LogP contribution in [0.3, 0.4) is 0 Å². The Morgan fingerprint density at radius 3 is 2.65 bits per heavy atom. The number of nitrogens with zero attached hydrogens (tertiary/aromatic N) is 2. The first-order valence-corrected chi connectivity index (χ1v) is 6.63. The van der Waals surface area contributed by atoms with Crippen molar-refractivity contribution < 1.29 is 17.6 Å². The Balaban J connectivity index is 2.34. The fourth-order valence-electron chi connectivity index (χ4n) is 1.53. The smallest absolute Gasteiger partial charge is 0.311 e. The molecule has 0 amide bonds. The van der Waals surface area contributed by atoms with Crippen LogP contribution in [-0.2, 0) is 12.7 Å². The maximum Gasteiger partial charge on any atom is 0.416 e. The highest BCUT2D eigenvalue weighted by molar-refractivity contribution is 7.14. The topological polar surface area (TPSA) is 37.8 Å². The van der Waals surface area contributed by atoms with Crippen molar-refractivity contribution in [3.05, 3.63) is 34.6 Å². The minimum absolute atomic E-state index is 0.140. The Morgan fingerprint density at radius 1 is 1.25 bits per heavy atom. The van der Waals surface area contributed by atoms with Crippen molar-refractivity contribution in [2.75, 3.05) is 6.54 Å². The van der Waals surface area contributed by atoms with Gasteiger partial charge in [0, 0.05) is 12.1 Å². The van der Waals surface area contributed by atoms with Crippen LogP contribution in [0.25, 0.3) is 10.6 Å². The van der Waals surface area contributed by atoms with E-state index in [2.05, 4.69) is 15.5 Å². The maximum atomic E-state index is 13.7. The predicted octanol–water partition coefficient (Wildman–Crippen LogP) is 3.47. The molecule has 0 radical (unpaired) electrons. The fraction of sp³-hybridized carbons (Fsp3) is 0.333. The summed E-state index contributed by atoms with van der Waals surface area (Å²) in [5.41, 5.74) is -1.09. The molecule has 3 nitrogen and oxygen atoms in total. The van der Waals surface area contributed by atoms with Crippen molar-refractivity contribution in [1.82, 2.24) is 15.5 Å². The summed E-state index contributed by atoms with van der Waals surface area (Å²) in [4.78, 5) is 0. The molecule has 0 saturated heterocycles. The van der Waals surface area contributed by atoms with E-state index in [4.69, 9.17) is 0 Å². The Hall–Kier alpha value is -1.54. The Labute approximate surface area is 116 Å². The van der Waals surface area contributed by atoms with E-state index in [1.807, 2.05) is 6.92 Å². The lowest BCUT2D eigenvalue weighted by molar-refractivity contribution is -0.137. The summed E-state index contributed by atoms with van der Waals surface area (Å²) in [6, 6.07) is 2.26. The molecule has 8 heteroatoms. The summed E-state index contributed by atoms with van der Waals surface area (Å²) in [6.07, 6.45) is -4.51. The molecular formula is C12H11F4N3S. The van der Waals surface area contributed by atoms with Gasteiger partial charge in [0.2, 0.25) is 0 Å². The average Bonchev–Trinajstić information content (AvgIpc) is 2.84. The highest BCUT2D eigenvalue weighted by Gasteiger charge is 2.31. The number of benzene rings is 1. The molecule has 1 heterocycles. The largest absolute Gasteiger partial charge is 0.416 e. The minimum Gasteiger partial charge on any atom is -0.311 e. The number of alkyl halides is 3. The van der Waals surface area contributed by atoms with Gasteiger partial charge in [-0.1, -0.05) is 18.3 Å². The van der Waals surface area contributed by atoms with Crippen LogP contribution < -0.4 is 5.32 Å². The molecule has 0 aliphatic carbocycles. The summed E-state index contributed by atoms with van der Waals surface area (Å²) in [5.74, 6) is -0.746. The third-order valence-electron chi connectivity index (χ3n) is 2.52. The molecular weight excluding hydrogens is 294 g/mol. The monoisotopic (exact) mass is 305 g/mol. The van der Waals surface area contributed by atoms with E-state index in [-0.39, 0.29) is 10.6 Å². The van der Waals surface area contributed by atoms with Crippen LogP contribution in [0.2, 0.25) is 0 Å². The van der Waals surface area contributed by atoms with Crippen molar-refractivity contribution in [3.8, 4) is 10.6 Å². The standard InChI is InChI=1S/C12H11F4N3S/c1-2-17-6-10-18-19-11(20-10)8-5-7(12(14,15)16)3-4-9(8)13/h3-5,17H,2,6H2,1H3. The maximum absolute atomic E-state index is 13.7. The van der Waals surface area contributed by atoms with Crippen LogP contribution >= 0.6 is 11.3 Å². The molecule has 0 saturated carbocycles. The number of halogens is 4. The summed E-state index contributed by atoms with van der Waals surface area (Å²) in [7, 11) is 0. The Kier molecular flexibility index (Phi) is 4.34. The molecule has 0 aliphatic rings. The highest BCUT2D eigenvalue weighted by Crippen LogP contribution is 2.34. The molecule has 0 unspecified atom stereocenters. The van der Waals surface area contributed by atoms with Gasteiger partial charge in [-0.2, -0.15) is 13.2 Å². The van der Waals surface area contributed by atoms with E-state index in [1.165, 1.54) is 0 Å². The lowest BCUT2D eigenvalue weighted by Crippen LogP contribution is -2.11. The van der Waals surface area contributed by atoms with E-state index in [1.54, 1.807) is 0 Å². The molecule has 108 valence electrons. The van der Waals surface area contributed by atoms with Crippen LogP contribution in [0.4, 0.5) is 17.6 Å². The van der Waals surface area contributed by atoms with Crippen molar-refractivity contribution in [1.29, 1.82) is 0 Å². The SMILES string of the molecule is CCNCc1nnc(-c2cc(C(F)(F)F)ccc2F)s1. The van der Waals surface area contributed by atoms with Gasteiger partial charge in [-0.05, 0) is 24.7 Å². The molecule has 0 spiro atoms. The van der Waals surface area contributed by atoms with Gasteiger partial charge in [0.25, 0.3) is 0 Å². The fourth-order valence-corrected chi connectivity index (χ4v) is 2.36. The average molecular weight is 305 g/mol. The summed E-state index contributed by atoms with van der Waals surface area (Å²) in [5, 5.41) is 11.3. The summed E-state index contributed by atoms with van der Waals surface area (Å²) < 4.78 is 51.5. The van der Waals surface area contributed by atoms with E-state index >= 15 is 0 Å². The molecule has 0 bridgehead atoms. The van der Waals surface area contributed by atoms with Crippen LogP contribution in [-0.4, -0.2) is 16.7 Å². The van der Waals surface area contributed by atoms with Crippen LogP contribution in [0.5, 0.6) is 0 Å². The normalized spacial score (nSPS) is 11.8. The summed E-state index contributed by atoms with van der Waals surface area (Å²) in [6.45, 7) is 3.09. The van der Waals surface area contributed by atoms with Crippen molar-refractivity contribution in [2.45, 2.75) is 19.6 Å². The molecule has 2 rings (SSSR count). The first kappa shape index (κ1) is 14.9. The zero-order chi connectivity index (χ0) is 14.8. The van der Waals surface area contributed by atoms with Gasteiger partial charge in [-0.3, -0.25) is 0 Å². The quantitative estimate of drug-likeness (QED) is 0.879. The third-order valence-corrected chi connectivity index (χ3v) is 3.47. The van der Waals surface area contributed by atoms with Crippen molar-refractivity contribution >= 4 is 11.3 Å². The molecule has 0 aliphatic heterocycles. The Morgan fingerprint density at radius 2 is 2.00 bits per heavy atom. The first-order valence-electron chi connectivity index (χ1n) is 5.82. The van der Waals surface area contributed by atoms with Crippen molar-refractivity contribution in [3.63, 3.8) is 0 Å². The van der Waals surface area contributed by atoms with Crippen LogP contribution in [0, 0.1) is 5.82 Å². The van der Waals surface area contributed by atoms with Gasteiger partial charge < -0.3 is 5.32 Å². The molecule has 0 atom stereocenters. The minimum atomic E-state index is -4.51. The van der Waals surface area contributed by atoms with E-state index < -0.39 is 17.6 Å². The number of aromatic nitrogens is 2. The molecule has 2 aromatic rings. The van der Waals surface area contributed by atoms with Crippen molar-refractivity contribution in [2.24, 2.45) is 0 Å². The summed E-state index contributed by atoms with van der Waals surface area (Å²) >= 11 is 1.07. The van der Waals surface area contributed by atoms with Gasteiger partial charge in [0.05, 0.1) is 5.56 Å². The number of rotatable bonds is 4. The number of hydrogen-bond donors (Lipinski definition) is 1. The second kappa shape index (κ2) is 5.84. The number of hydrogen-bond acceptors (Lipinski definition) is 4. The predicted molar refractivity (Wildman–Crippen MR) is 67.7 cm³/mol. The molecule has 20 heavy (non-hydrogen) atoms. The molecule has 1 N–H and O–H groups in total. The molecule has 1 aromatic carbocycles. The van der Waals surface area contributed by atoms with Crippen LogP contribution in [0.15, 0.2) is 18.2 Å². The Bertz CT molecular complexity index is 595. The van der Waals surface area contributed by atoms with E-state index in [9.17, 15) is 17.6 Å². The number of nitrogens with one attached hydrogen (secondary N) is 1.